The van der Waals surface area contributed by atoms with Crippen LogP contribution >= 0.6 is 11.6 Å². The van der Waals surface area contributed by atoms with E-state index >= 15 is 0 Å². The molecule has 6 heteroatoms. The lowest BCUT2D eigenvalue weighted by atomic mass is 10.1. The zero-order valence-corrected chi connectivity index (χ0v) is 10.1. The third-order valence-electron chi connectivity index (χ3n) is 2.20. The molecule has 0 aliphatic rings. The van der Waals surface area contributed by atoms with E-state index in [9.17, 15) is 14.5 Å². The van der Waals surface area contributed by atoms with Gasteiger partial charge < -0.3 is 0 Å². The highest BCUT2D eigenvalue weighted by atomic mass is 35.5. The molecule has 1 aromatic carbocycles. The Bertz CT molecular complexity index is 451. The average molecular weight is 259 g/mol. The summed E-state index contributed by atoms with van der Waals surface area (Å²) in [4.78, 5) is 12.0. The van der Waals surface area contributed by atoms with Gasteiger partial charge in [0.05, 0.1) is 9.95 Å². The summed E-state index contributed by atoms with van der Waals surface area (Å²) in [6, 6.07) is 2.13. The molecule has 92 valence electrons. The molecule has 0 saturated heterocycles. The van der Waals surface area contributed by atoms with E-state index in [2.05, 4.69) is 6.58 Å². The van der Waals surface area contributed by atoms with E-state index in [1.165, 1.54) is 0 Å². The molecule has 1 aromatic rings. The molecular formula is C11H12ClFN2O2. The summed E-state index contributed by atoms with van der Waals surface area (Å²) in [5.74, 6) is -0.653. The lowest BCUT2D eigenvalue weighted by Gasteiger charge is -2.14. The van der Waals surface area contributed by atoms with Crippen LogP contribution in [0, 0.1) is 15.9 Å². The number of likely N-dealkylation sites (N-methyl/N-ethyl adjacent to an activating group) is 1. The first-order valence-corrected chi connectivity index (χ1v) is 5.25. The molecule has 0 amide bonds. The summed E-state index contributed by atoms with van der Waals surface area (Å²) in [5, 5.41) is 10.6. The zero-order chi connectivity index (χ0) is 13.0. The Morgan fingerprint density at radius 3 is 2.82 bits per heavy atom. The van der Waals surface area contributed by atoms with E-state index in [4.69, 9.17) is 11.6 Å². The number of nitrogens with zero attached hydrogens (tertiary/aromatic N) is 2. The van der Waals surface area contributed by atoms with Gasteiger partial charge >= 0.3 is 0 Å². The molecule has 0 N–H and O–H groups in total. The standard InChI is InChI=1S/C11H12ClFN2O2/c1-3-4-14(2)7-8-5-10(13)9(12)6-11(8)15(16)17/h3,5-6H,1,4,7H2,2H3. The molecular weight excluding hydrogens is 247 g/mol. The van der Waals surface area contributed by atoms with E-state index in [1.54, 1.807) is 18.0 Å². The monoisotopic (exact) mass is 258 g/mol. The number of nitro benzene ring substituents is 1. The summed E-state index contributed by atoms with van der Waals surface area (Å²) in [5.41, 5.74) is 0.119. The molecule has 0 spiro atoms. The third-order valence-corrected chi connectivity index (χ3v) is 2.49. The van der Waals surface area contributed by atoms with Gasteiger partial charge in [-0.15, -0.1) is 6.58 Å². The smallest absolute Gasteiger partial charge is 0.275 e. The normalized spacial score (nSPS) is 10.6. The molecule has 0 bridgehead atoms. The molecule has 0 heterocycles. The molecule has 0 radical (unpaired) electrons. The molecule has 17 heavy (non-hydrogen) atoms. The highest BCUT2D eigenvalue weighted by molar-refractivity contribution is 6.31. The van der Waals surface area contributed by atoms with Gasteiger partial charge in [-0.3, -0.25) is 15.0 Å². The second kappa shape index (κ2) is 5.75. The van der Waals surface area contributed by atoms with Crippen molar-refractivity contribution in [2.45, 2.75) is 6.54 Å². The average Bonchev–Trinajstić information content (AvgIpc) is 2.23. The van der Waals surface area contributed by atoms with Gasteiger partial charge in [0.1, 0.15) is 5.82 Å². The highest BCUT2D eigenvalue weighted by Crippen LogP contribution is 2.26. The molecule has 0 fully saturated rings. The molecule has 1 rings (SSSR count). The van der Waals surface area contributed by atoms with E-state index in [0.29, 0.717) is 12.1 Å². The van der Waals surface area contributed by atoms with Gasteiger partial charge in [-0.1, -0.05) is 17.7 Å². The van der Waals surface area contributed by atoms with Crippen LogP contribution in [0.2, 0.25) is 5.02 Å². The van der Waals surface area contributed by atoms with Crippen molar-refractivity contribution in [1.82, 2.24) is 4.90 Å². The van der Waals surface area contributed by atoms with Crippen LogP contribution in [0.3, 0.4) is 0 Å². The van der Waals surface area contributed by atoms with Gasteiger partial charge in [0.2, 0.25) is 0 Å². The maximum absolute atomic E-state index is 13.3. The van der Waals surface area contributed by atoms with Crippen LogP contribution in [0.25, 0.3) is 0 Å². The van der Waals surface area contributed by atoms with Gasteiger partial charge in [-0.2, -0.15) is 0 Å². The van der Waals surface area contributed by atoms with Crippen LogP contribution < -0.4 is 0 Å². The van der Waals surface area contributed by atoms with Gasteiger partial charge in [-0.05, 0) is 13.1 Å². The topological polar surface area (TPSA) is 46.4 Å². The van der Waals surface area contributed by atoms with Crippen molar-refractivity contribution in [2.24, 2.45) is 0 Å². The lowest BCUT2D eigenvalue weighted by molar-refractivity contribution is -0.385. The van der Waals surface area contributed by atoms with E-state index in [-0.39, 0.29) is 17.3 Å². The first-order chi connectivity index (χ1) is 7.95. The summed E-state index contributed by atoms with van der Waals surface area (Å²) in [6.45, 7) is 4.38. The fourth-order valence-electron chi connectivity index (χ4n) is 1.45. The fourth-order valence-corrected chi connectivity index (χ4v) is 1.61. The van der Waals surface area contributed by atoms with E-state index in [0.717, 1.165) is 12.1 Å². The Hall–Kier alpha value is -1.46. The fraction of sp³-hybridized carbons (Fsp3) is 0.273. The predicted octanol–water partition coefficient (Wildman–Crippen LogP) is 3.01. The maximum Gasteiger partial charge on any atom is 0.275 e. The zero-order valence-electron chi connectivity index (χ0n) is 9.32. The summed E-state index contributed by atoms with van der Waals surface area (Å²) < 4.78 is 13.3. The summed E-state index contributed by atoms with van der Waals surface area (Å²) in [7, 11) is 1.76. The molecule has 0 aliphatic carbocycles. The number of halogens is 2. The Labute approximate surface area is 103 Å². The Kier molecular flexibility index (Phi) is 4.60. The number of hydrogen-bond acceptors (Lipinski definition) is 3. The summed E-state index contributed by atoms with van der Waals surface area (Å²) >= 11 is 5.52. The van der Waals surface area contributed by atoms with Crippen LogP contribution in [0.4, 0.5) is 10.1 Å². The number of benzene rings is 1. The Morgan fingerprint density at radius 1 is 1.65 bits per heavy atom. The molecule has 0 unspecified atom stereocenters. The van der Waals surface area contributed by atoms with Gasteiger partial charge in [0.15, 0.2) is 0 Å². The first-order valence-electron chi connectivity index (χ1n) is 4.87. The second-order valence-electron chi connectivity index (χ2n) is 3.64. The van der Waals surface area contributed by atoms with Crippen molar-refractivity contribution >= 4 is 17.3 Å². The van der Waals surface area contributed by atoms with Crippen LogP contribution in [0.5, 0.6) is 0 Å². The minimum absolute atomic E-state index is 0.174. The van der Waals surface area contributed by atoms with Crippen molar-refractivity contribution in [3.63, 3.8) is 0 Å². The minimum atomic E-state index is -0.653. The highest BCUT2D eigenvalue weighted by Gasteiger charge is 2.18. The lowest BCUT2D eigenvalue weighted by Crippen LogP contribution is -2.18. The van der Waals surface area contributed by atoms with Crippen LogP contribution in [0.15, 0.2) is 24.8 Å². The first kappa shape index (κ1) is 13.6. The van der Waals surface area contributed by atoms with Crippen molar-refractivity contribution < 1.29 is 9.31 Å². The third kappa shape index (κ3) is 3.51. The molecule has 4 nitrogen and oxygen atoms in total. The van der Waals surface area contributed by atoms with Crippen LogP contribution in [-0.2, 0) is 6.54 Å². The van der Waals surface area contributed by atoms with Crippen molar-refractivity contribution in [3.8, 4) is 0 Å². The van der Waals surface area contributed by atoms with Gasteiger partial charge in [-0.25, -0.2) is 4.39 Å². The predicted molar refractivity (Wildman–Crippen MR) is 64.6 cm³/mol. The largest absolute Gasteiger partial charge is 0.298 e. The van der Waals surface area contributed by atoms with Crippen LogP contribution in [0.1, 0.15) is 5.56 Å². The summed E-state index contributed by atoms with van der Waals surface area (Å²) in [6.07, 6.45) is 1.66. The molecule has 0 atom stereocenters. The minimum Gasteiger partial charge on any atom is -0.298 e. The number of rotatable bonds is 5. The molecule has 0 aromatic heterocycles. The molecule has 0 aliphatic heterocycles. The Balaban J connectivity index is 3.08. The van der Waals surface area contributed by atoms with Crippen molar-refractivity contribution in [2.75, 3.05) is 13.6 Å². The number of hydrogen-bond donors (Lipinski definition) is 0. The second-order valence-corrected chi connectivity index (χ2v) is 4.04. The maximum atomic E-state index is 13.3. The van der Waals surface area contributed by atoms with Crippen LogP contribution in [-0.4, -0.2) is 23.4 Å². The molecule has 0 saturated carbocycles. The number of nitro groups is 1. The van der Waals surface area contributed by atoms with Gasteiger partial charge in [0.25, 0.3) is 5.69 Å². The quantitative estimate of drug-likeness (QED) is 0.463. The van der Waals surface area contributed by atoms with Gasteiger partial charge in [0, 0.05) is 24.7 Å². The van der Waals surface area contributed by atoms with Crippen molar-refractivity contribution in [3.05, 3.63) is 51.3 Å². The SMILES string of the molecule is C=CCN(C)Cc1cc(F)c(Cl)cc1[N+](=O)[O-]. The van der Waals surface area contributed by atoms with Crippen molar-refractivity contribution in [1.29, 1.82) is 0 Å². The van der Waals surface area contributed by atoms with E-state index in [1.807, 2.05) is 0 Å². The Morgan fingerprint density at radius 2 is 2.29 bits per heavy atom. The van der Waals surface area contributed by atoms with E-state index < -0.39 is 10.7 Å².